The number of anilines is 2. The molecule has 5 N–H and O–H groups in total. The zero-order valence-electron chi connectivity index (χ0n) is 11.0. The van der Waals surface area contributed by atoms with Crippen LogP contribution in [-0.2, 0) is 16.6 Å². The summed E-state index contributed by atoms with van der Waals surface area (Å²) in [6.45, 7) is 2.50. The predicted molar refractivity (Wildman–Crippen MR) is 78.5 cm³/mol. The summed E-state index contributed by atoms with van der Waals surface area (Å²) in [4.78, 5) is 4.19. The summed E-state index contributed by atoms with van der Waals surface area (Å²) in [5.41, 5.74) is 8.52. The van der Waals surface area contributed by atoms with Crippen LogP contribution in [0.4, 0.5) is 11.4 Å². The Balaban J connectivity index is 2.16. The van der Waals surface area contributed by atoms with Crippen molar-refractivity contribution >= 4 is 21.4 Å². The molecule has 0 aliphatic rings. The number of aryl methyl sites for hydroxylation is 1. The first kappa shape index (κ1) is 14.3. The van der Waals surface area contributed by atoms with Crippen LogP contribution in [0.2, 0.25) is 0 Å². The normalized spacial score (nSPS) is 11.3. The minimum Gasteiger partial charge on any atom is -0.398 e. The van der Waals surface area contributed by atoms with E-state index < -0.39 is 10.0 Å². The average Bonchev–Trinajstić information content (AvgIpc) is 2.36. The highest BCUT2D eigenvalue weighted by Crippen LogP contribution is 2.21. The summed E-state index contributed by atoms with van der Waals surface area (Å²) in [7, 11) is -3.79. The van der Waals surface area contributed by atoms with E-state index in [4.69, 9.17) is 10.9 Å². The molecule has 2 aromatic rings. The lowest BCUT2D eigenvalue weighted by Crippen LogP contribution is -2.14. The first-order chi connectivity index (χ1) is 9.38. The first-order valence-electron chi connectivity index (χ1n) is 5.94. The van der Waals surface area contributed by atoms with Crippen molar-refractivity contribution in [3.05, 3.63) is 47.8 Å². The van der Waals surface area contributed by atoms with Gasteiger partial charge in [-0.3, -0.25) is 4.98 Å². The third-order valence-corrected chi connectivity index (χ3v) is 3.88. The minimum absolute atomic E-state index is 0.0722. The molecule has 0 spiro atoms. The molecular formula is C13H16N4O2S. The van der Waals surface area contributed by atoms with Crippen LogP contribution < -0.4 is 16.2 Å². The summed E-state index contributed by atoms with van der Waals surface area (Å²) in [5.74, 6) is 0. The van der Waals surface area contributed by atoms with Crippen molar-refractivity contribution < 1.29 is 8.42 Å². The van der Waals surface area contributed by atoms with E-state index in [1.165, 1.54) is 12.1 Å². The van der Waals surface area contributed by atoms with Crippen LogP contribution in [0.15, 0.2) is 41.4 Å². The number of nitrogen functional groups attached to an aromatic ring is 1. The van der Waals surface area contributed by atoms with Crippen LogP contribution in [-0.4, -0.2) is 13.4 Å². The van der Waals surface area contributed by atoms with Gasteiger partial charge in [-0.15, -0.1) is 0 Å². The number of primary sulfonamides is 1. The molecular weight excluding hydrogens is 276 g/mol. The molecule has 0 radical (unpaired) electrons. The van der Waals surface area contributed by atoms with E-state index in [0.29, 0.717) is 12.2 Å². The van der Waals surface area contributed by atoms with Gasteiger partial charge in [0, 0.05) is 11.9 Å². The number of rotatable bonds is 4. The summed E-state index contributed by atoms with van der Waals surface area (Å²) >= 11 is 0. The number of pyridine rings is 1. The Morgan fingerprint density at radius 3 is 2.65 bits per heavy atom. The molecule has 7 heteroatoms. The van der Waals surface area contributed by atoms with Crippen molar-refractivity contribution in [3.8, 4) is 0 Å². The fraction of sp³-hybridized carbons (Fsp3) is 0.154. The third kappa shape index (κ3) is 3.25. The van der Waals surface area contributed by atoms with E-state index >= 15 is 0 Å². The van der Waals surface area contributed by atoms with E-state index in [0.717, 1.165) is 11.3 Å². The van der Waals surface area contributed by atoms with Crippen molar-refractivity contribution in [2.45, 2.75) is 18.4 Å². The molecule has 0 saturated heterocycles. The molecule has 2 rings (SSSR count). The maximum atomic E-state index is 11.3. The minimum atomic E-state index is -3.79. The first-order valence-corrected chi connectivity index (χ1v) is 7.49. The Bertz CT molecular complexity index is 729. The molecule has 0 aliphatic heterocycles. The van der Waals surface area contributed by atoms with E-state index in [2.05, 4.69) is 10.3 Å². The topological polar surface area (TPSA) is 111 Å². The Kier molecular flexibility index (Phi) is 3.91. The van der Waals surface area contributed by atoms with Crippen LogP contribution in [0.25, 0.3) is 0 Å². The summed E-state index contributed by atoms with van der Waals surface area (Å²) in [5, 5.41) is 8.20. The smallest absolute Gasteiger partial charge is 0.240 e. The van der Waals surface area contributed by atoms with Crippen LogP contribution in [0.5, 0.6) is 0 Å². The Morgan fingerprint density at radius 2 is 2.05 bits per heavy atom. The molecule has 0 fully saturated rings. The molecule has 0 amide bonds. The summed E-state index contributed by atoms with van der Waals surface area (Å²) in [6, 6.07) is 8.39. The standard InChI is InChI=1S/C13H16N4O2S/c1-9-3-2-6-16-12(9)8-17-10-4-5-13(11(14)7-10)20(15,18)19/h2-7,17H,8,14H2,1H3,(H2,15,18,19). The molecule has 0 bridgehead atoms. The van der Waals surface area contributed by atoms with E-state index in [1.54, 1.807) is 12.3 Å². The zero-order valence-corrected chi connectivity index (χ0v) is 11.8. The van der Waals surface area contributed by atoms with Crippen molar-refractivity contribution in [1.29, 1.82) is 0 Å². The van der Waals surface area contributed by atoms with E-state index in [1.807, 2.05) is 19.1 Å². The Morgan fingerprint density at radius 1 is 1.30 bits per heavy atom. The molecule has 1 aromatic heterocycles. The average molecular weight is 292 g/mol. The fourth-order valence-corrected chi connectivity index (χ4v) is 2.45. The van der Waals surface area contributed by atoms with Gasteiger partial charge in [0.05, 0.1) is 17.9 Å². The number of sulfonamides is 1. The maximum absolute atomic E-state index is 11.3. The Labute approximate surface area is 117 Å². The second-order valence-electron chi connectivity index (χ2n) is 4.42. The number of aromatic nitrogens is 1. The van der Waals surface area contributed by atoms with Crippen molar-refractivity contribution in [2.75, 3.05) is 11.1 Å². The van der Waals surface area contributed by atoms with Crippen LogP contribution >= 0.6 is 0 Å². The van der Waals surface area contributed by atoms with Gasteiger partial charge >= 0.3 is 0 Å². The number of hydrogen-bond donors (Lipinski definition) is 3. The van der Waals surface area contributed by atoms with Gasteiger partial charge in [0.25, 0.3) is 0 Å². The molecule has 20 heavy (non-hydrogen) atoms. The number of benzene rings is 1. The molecule has 0 atom stereocenters. The monoisotopic (exact) mass is 292 g/mol. The number of nitrogens with zero attached hydrogens (tertiary/aromatic N) is 1. The second kappa shape index (κ2) is 5.48. The lowest BCUT2D eigenvalue weighted by atomic mass is 10.2. The van der Waals surface area contributed by atoms with Crippen molar-refractivity contribution in [3.63, 3.8) is 0 Å². The van der Waals surface area contributed by atoms with Crippen molar-refractivity contribution in [1.82, 2.24) is 4.98 Å². The van der Waals surface area contributed by atoms with Crippen LogP contribution in [0, 0.1) is 6.92 Å². The number of nitrogens with two attached hydrogens (primary N) is 2. The molecule has 1 aromatic carbocycles. The lowest BCUT2D eigenvalue weighted by molar-refractivity contribution is 0.598. The number of hydrogen-bond acceptors (Lipinski definition) is 5. The molecule has 0 unspecified atom stereocenters. The van der Waals surface area contributed by atoms with Gasteiger partial charge < -0.3 is 11.1 Å². The van der Waals surface area contributed by atoms with Gasteiger partial charge in [0.1, 0.15) is 4.90 Å². The predicted octanol–water partition coefficient (Wildman–Crippen LogP) is 1.23. The molecule has 106 valence electrons. The van der Waals surface area contributed by atoms with Gasteiger partial charge in [-0.1, -0.05) is 6.07 Å². The number of nitrogens with one attached hydrogen (secondary N) is 1. The Hall–Kier alpha value is -2.12. The SMILES string of the molecule is Cc1cccnc1CNc1ccc(S(N)(=O)=O)c(N)c1. The highest BCUT2D eigenvalue weighted by atomic mass is 32.2. The van der Waals surface area contributed by atoms with Gasteiger partial charge in [-0.05, 0) is 36.8 Å². The largest absolute Gasteiger partial charge is 0.398 e. The van der Waals surface area contributed by atoms with Crippen LogP contribution in [0.1, 0.15) is 11.3 Å². The van der Waals surface area contributed by atoms with Crippen LogP contribution in [0.3, 0.4) is 0 Å². The van der Waals surface area contributed by atoms with Gasteiger partial charge in [0.2, 0.25) is 10.0 Å². The van der Waals surface area contributed by atoms with Crippen molar-refractivity contribution in [2.24, 2.45) is 5.14 Å². The molecule has 0 aliphatic carbocycles. The zero-order chi connectivity index (χ0) is 14.8. The second-order valence-corrected chi connectivity index (χ2v) is 5.95. The lowest BCUT2D eigenvalue weighted by Gasteiger charge is -2.10. The summed E-state index contributed by atoms with van der Waals surface area (Å²) in [6.07, 6.45) is 1.72. The van der Waals surface area contributed by atoms with E-state index in [-0.39, 0.29) is 10.6 Å². The highest BCUT2D eigenvalue weighted by Gasteiger charge is 2.12. The van der Waals surface area contributed by atoms with Gasteiger partial charge in [-0.2, -0.15) is 0 Å². The molecule has 6 nitrogen and oxygen atoms in total. The third-order valence-electron chi connectivity index (χ3n) is 2.89. The van der Waals surface area contributed by atoms with E-state index in [9.17, 15) is 8.42 Å². The maximum Gasteiger partial charge on any atom is 0.240 e. The summed E-state index contributed by atoms with van der Waals surface area (Å²) < 4.78 is 22.5. The van der Waals surface area contributed by atoms with Gasteiger partial charge in [-0.25, -0.2) is 13.6 Å². The highest BCUT2D eigenvalue weighted by molar-refractivity contribution is 7.89. The molecule has 1 heterocycles. The molecule has 0 saturated carbocycles. The quantitative estimate of drug-likeness (QED) is 0.734. The van der Waals surface area contributed by atoms with Gasteiger partial charge in [0.15, 0.2) is 0 Å². The fourth-order valence-electron chi connectivity index (χ4n) is 1.81.